The number of rotatable bonds is 11. The Morgan fingerprint density at radius 2 is 1.82 bits per heavy atom. The number of amides is 3. The molecule has 0 saturated carbocycles. The van der Waals surface area contributed by atoms with Crippen molar-refractivity contribution in [1.29, 1.82) is 0 Å². The summed E-state index contributed by atoms with van der Waals surface area (Å²) in [6, 6.07) is 3.93. The number of nitrogens with zero attached hydrogens (tertiary/aromatic N) is 1. The Hall–Kier alpha value is -3.09. The first-order valence-corrected chi connectivity index (χ1v) is 11.4. The lowest BCUT2D eigenvalue weighted by Gasteiger charge is -2.34. The molecule has 0 saturated heterocycles. The molecule has 1 aromatic rings. The molecule has 3 amide bonds. The first-order chi connectivity index (χ1) is 16.0. The van der Waals surface area contributed by atoms with Gasteiger partial charge in [-0.2, -0.15) is 0 Å². The van der Waals surface area contributed by atoms with Gasteiger partial charge >= 0.3 is 6.09 Å². The van der Waals surface area contributed by atoms with Crippen LogP contribution in [0.3, 0.4) is 0 Å². The lowest BCUT2D eigenvalue weighted by molar-refractivity contribution is -0.144. The van der Waals surface area contributed by atoms with Gasteiger partial charge in [-0.1, -0.05) is 37.5 Å². The lowest BCUT2D eigenvalue weighted by Crippen LogP contribution is -2.55. The molecule has 0 aliphatic rings. The molecule has 3 unspecified atom stereocenters. The first kappa shape index (κ1) is 28.9. The van der Waals surface area contributed by atoms with Crippen molar-refractivity contribution in [2.45, 2.75) is 71.2 Å². The van der Waals surface area contributed by atoms with Gasteiger partial charge in [0.05, 0.1) is 13.2 Å². The second-order valence-corrected chi connectivity index (χ2v) is 8.97. The third-order valence-electron chi connectivity index (χ3n) is 4.88. The summed E-state index contributed by atoms with van der Waals surface area (Å²) in [5.41, 5.74) is -0.0225. The Morgan fingerprint density at radius 3 is 2.35 bits per heavy atom. The summed E-state index contributed by atoms with van der Waals surface area (Å²) in [7, 11) is 0. The van der Waals surface area contributed by atoms with Crippen LogP contribution in [0.5, 0.6) is 0 Å². The van der Waals surface area contributed by atoms with E-state index >= 15 is 0 Å². The molecule has 3 atom stereocenters. The van der Waals surface area contributed by atoms with Gasteiger partial charge in [0.25, 0.3) is 0 Å². The summed E-state index contributed by atoms with van der Waals surface area (Å²) in [5.74, 6) is 1.27. The van der Waals surface area contributed by atoms with Crippen molar-refractivity contribution >= 4 is 17.9 Å². The third kappa shape index (κ3) is 8.69. The van der Waals surface area contributed by atoms with Gasteiger partial charge in [-0.15, -0.1) is 6.42 Å². The van der Waals surface area contributed by atoms with Crippen LogP contribution in [0.25, 0.3) is 0 Å². The van der Waals surface area contributed by atoms with Crippen LogP contribution in [-0.2, 0) is 14.3 Å². The number of terminal acetylenes is 1. The van der Waals surface area contributed by atoms with Crippen LogP contribution in [0.15, 0.2) is 24.3 Å². The lowest BCUT2D eigenvalue weighted by atomic mass is 9.97. The van der Waals surface area contributed by atoms with Crippen LogP contribution in [-0.4, -0.2) is 70.5 Å². The maximum atomic E-state index is 13.4. The highest BCUT2D eigenvalue weighted by molar-refractivity contribution is 5.92. The predicted molar refractivity (Wildman–Crippen MR) is 129 cm³/mol. The minimum atomic E-state index is -1.40. The molecule has 0 bridgehead atoms. The molecule has 0 aliphatic heterocycles. The van der Waals surface area contributed by atoms with E-state index in [1.165, 1.54) is 0 Å². The van der Waals surface area contributed by atoms with E-state index < -0.39 is 48.8 Å². The smallest absolute Gasteiger partial charge is 0.408 e. The minimum Gasteiger partial charge on any atom is -0.444 e. The number of nitrogens with one attached hydrogen (secondary N) is 2. The summed E-state index contributed by atoms with van der Waals surface area (Å²) < 4.78 is 5.18. The predicted octanol–water partition coefficient (Wildman–Crippen LogP) is 1.72. The molecule has 0 aromatic heterocycles. The standard InChI is InChI=1S/C25H37N3O6/c1-7-11-17(3)26-22(31)21(19-13-10-9-12-18(19)8-2)28(14-15-29)23(32)20(16-30)27-24(33)34-25(4,5)6/h2,9-10,12-13,17,20-21,29-30H,7,11,14-16H2,1,3-6H3,(H,26,31)(H,27,33). The van der Waals surface area contributed by atoms with Crippen molar-refractivity contribution in [3.8, 4) is 12.3 Å². The molecule has 0 heterocycles. The van der Waals surface area contributed by atoms with Crippen molar-refractivity contribution in [2.24, 2.45) is 0 Å². The van der Waals surface area contributed by atoms with E-state index in [0.29, 0.717) is 11.1 Å². The number of hydrogen-bond acceptors (Lipinski definition) is 6. The summed E-state index contributed by atoms with van der Waals surface area (Å²) in [5, 5.41) is 24.8. The molecule has 9 heteroatoms. The molecule has 34 heavy (non-hydrogen) atoms. The van der Waals surface area contributed by atoms with Gasteiger partial charge in [-0.25, -0.2) is 4.79 Å². The number of aliphatic hydroxyl groups excluding tert-OH is 2. The Kier molecular flexibility index (Phi) is 11.6. The van der Waals surface area contributed by atoms with Gasteiger partial charge in [-0.05, 0) is 45.7 Å². The topological polar surface area (TPSA) is 128 Å². The maximum Gasteiger partial charge on any atom is 0.408 e. The van der Waals surface area contributed by atoms with Gasteiger partial charge in [-0.3, -0.25) is 9.59 Å². The molecule has 4 N–H and O–H groups in total. The summed E-state index contributed by atoms with van der Waals surface area (Å²) in [6.07, 6.45) is 6.32. The van der Waals surface area contributed by atoms with Gasteiger partial charge in [0, 0.05) is 18.2 Å². The molecular formula is C25H37N3O6. The average molecular weight is 476 g/mol. The largest absolute Gasteiger partial charge is 0.444 e. The fraction of sp³-hybridized carbons (Fsp3) is 0.560. The molecule has 0 aliphatic carbocycles. The fourth-order valence-electron chi connectivity index (χ4n) is 3.45. The molecule has 0 radical (unpaired) electrons. The number of hydrogen-bond donors (Lipinski definition) is 4. The first-order valence-electron chi connectivity index (χ1n) is 11.4. The van der Waals surface area contributed by atoms with Gasteiger partial charge in [0.2, 0.25) is 11.8 Å². The zero-order valence-corrected chi connectivity index (χ0v) is 20.6. The van der Waals surface area contributed by atoms with Crippen LogP contribution >= 0.6 is 0 Å². The van der Waals surface area contributed by atoms with Crippen LogP contribution < -0.4 is 10.6 Å². The highest BCUT2D eigenvalue weighted by Gasteiger charge is 2.37. The maximum absolute atomic E-state index is 13.4. The molecule has 188 valence electrons. The summed E-state index contributed by atoms with van der Waals surface area (Å²) in [4.78, 5) is 40.2. The highest BCUT2D eigenvalue weighted by atomic mass is 16.6. The minimum absolute atomic E-state index is 0.169. The van der Waals surface area contributed by atoms with Crippen LogP contribution in [0.4, 0.5) is 4.79 Å². The second kappa shape index (κ2) is 13.6. The summed E-state index contributed by atoms with van der Waals surface area (Å²) in [6.45, 7) is 7.40. The van der Waals surface area contributed by atoms with Crippen molar-refractivity contribution < 1.29 is 29.3 Å². The number of alkyl carbamates (subject to hydrolysis) is 1. The Morgan fingerprint density at radius 1 is 1.18 bits per heavy atom. The Labute approximate surface area is 201 Å². The van der Waals surface area contributed by atoms with Gasteiger partial charge in [0.15, 0.2) is 0 Å². The SMILES string of the molecule is C#Cc1ccccc1C(C(=O)NC(C)CCC)N(CCO)C(=O)C(CO)NC(=O)OC(C)(C)C. The van der Waals surface area contributed by atoms with E-state index in [0.717, 1.165) is 17.7 Å². The van der Waals surface area contributed by atoms with E-state index in [-0.39, 0.29) is 12.6 Å². The monoisotopic (exact) mass is 475 g/mol. The van der Waals surface area contributed by atoms with Crippen molar-refractivity contribution in [2.75, 3.05) is 19.8 Å². The Balaban J connectivity index is 3.42. The summed E-state index contributed by atoms with van der Waals surface area (Å²) >= 11 is 0. The van der Waals surface area contributed by atoms with Gasteiger partial charge in [0.1, 0.15) is 17.7 Å². The number of carbonyl (C=O) groups excluding carboxylic acids is 3. The number of aliphatic hydroxyl groups is 2. The molecular weight excluding hydrogens is 438 g/mol. The van der Waals surface area contributed by atoms with Crippen LogP contribution in [0, 0.1) is 12.3 Å². The second-order valence-electron chi connectivity index (χ2n) is 8.97. The van der Waals surface area contributed by atoms with E-state index in [9.17, 15) is 24.6 Å². The quantitative estimate of drug-likeness (QED) is 0.361. The molecule has 0 spiro atoms. The van der Waals surface area contributed by atoms with E-state index in [1.807, 2.05) is 13.8 Å². The average Bonchev–Trinajstić information content (AvgIpc) is 2.75. The normalized spacial score (nSPS) is 13.7. The molecule has 1 aromatic carbocycles. The van der Waals surface area contributed by atoms with E-state index in [4.69, 9.17) is 11.2 Å². The Bertz CT molecular complexity index is 874. The third-order valence-corrected chi connectivity index (χ3v) is 4.88. The van der Waals surface area contributed by atoms with E-state index in [2.05, 4.69) is 16.6 Å². The fourth-order valence-corrected chi connectivity index (χ4v) is 3.45. The number of benzene rings is 1. The highest BCUT2D eigenvalue weighted by Crippen LogP contribution is 2.26. The van der Waals surface area contributed by atoms with Crippen molar-refractivity contribution in [3.05, 3.63) is 35.4 Å². The zero-order chi connectivity index (χ0) is 25.9. The van der Waals surface area contributed by atoms with Crippen LogP contribution in [0.2, 0.25) is 0 Å². The van der Waals surface area contributed by atoms with Gasteiger partial charge < -0.3 is 30.5 Å². The number of carbonyl (C=O) groups is 3. The number of ether oxygens (including phenoxy) is 1. The van der Waals surface area contributed by atoms with Crippen LogP contribution in [0.1, 0.15) is 64.6 Å². The van der Waals surface area contributed by atoms with Crippen molar-refractivity contribution in [3.63, 3.8) is 0 Å². The van der Waals surface area contributed by atoms with Crippen molar-refractivity contribution in [1.82, 2.24) is 15.5 Å². The molecule has 0 fully saturated rings. The molecule has 1 rings (SSSR count). The zero-order valence-electron chi connectivity index (χ0n) is 20.6. The van der Waals surface area contributed by atoms with E-state index in [1.54, 1.807) is 45.0 Å². The molecule has 9 nitrogen and oxygen atoms in total.